The Bertz CT molecular complexity index is 3020. The third-order valence-corrected chi connectivity index (χ3v) is 10.6. The summed E-state index contributed by atoms with van der Waals surface area (Å²) in [6.45, 7) is 0. The molecule has 10 aromatic carbocycles. The molecule has 0 unspecified atom stereocenters. The summed E-state index contributed by atoms with van der Waals surface area (Å²) in [7, 11) is 0. The van der Waals surface area contributed by atoms with Crippen molar-refractivity contribution in [2.75, 3.05) is 0 Å². The van der Waals surface area contributed by atoms with Crippen molar-refractivity contribution < 1.29 is 4.74 Å². The highest BCUT2D eigenvalue weighted by atomic mass is 16.5. The number of rotatable bonds is 2. The molecule has 1 nitrogen and oxygen atoms in total. The molecule has 0 fully saturated rings. The molecule has 0 N–H and O–H groups in total. The van der Waals surface area contributed by atoms with Gasteiger partial charge in [0.1, 0.15) is 11.5 Å². The van der Waals surface area contributed by atoms with Crippen molar-refractivity contribution in [3.63, 3.8) is 0 Å². The van der Waals surface area contributed by atoms with Crippen LogP contribution in [0.4, 0.5) is 0 Å². The molecule has 0 saturated heterocycles. The minimum absolute atomic E-state index is 0.912. The molecule has 0 atom stereocenters. The summed E-state index contributed by atoms with van der Waals surface area (Å²) in [6, 6.07) is 62.1. The Labute approximate surface area is 283 Å². The highest BCUT2D eigenvalue weighted by molar-refractivity contribution is 6.23. The van der Waals surface area contributed by atoms with Gasteiger partial charge in [0.2, 0.25) is 0 Å². The van der Waals surface area contributed by atoms with E-state index in [0.717, 1.165) is 22.4 Å². The van der Waals surface area contributed by atoms with Gasteiger partial charge >= 0.3 is 0 Å². The fraction of sp³-hybridized carbons (Fsp3) is 0. The average Bonchev–Trinajstić information content (AvgIpc) is 3.17. The van der Waals surface area contributed by atoms with Crippen LogP contribution in [0, 0.1) is 0 Å². The SMILES string of the molecule is c1ccc2c(-c3c4ccc(-c5ccc6c7c(cccc57)-c5ccc7ccccc7c5O6)cc4cc4c3ccc3ccccc34)cccc2c1. The van der Waals surface area contributed by atoms with Gasteiger partial charge in [-0.2, -0.15) is 0 Å². The Morgan fingerprint density at radius 2 is 0.939 bits per heavy atom. The Morgan fingerprint density at radius 3 is 1.82 bits per heavy atom. The molecular weight excluding hydrogens is 593 g/mol. The maximum Gasteiger partial charge on any atom is 0.143 e. The molecule has 10 aromatic rings. The van der Waals surface area contributed by atoms with Gasteiger partial charge in [-0.25, -0.2) is 0 Å². The molecule has 1 aliphatic rings. The van der Waals surface area contributed by atoms with Gasteiger partial charge in [-0.15, -0.1) is 0 Å². The van der Waals surface area contributed by atoms with E-state index in [0.29, 0.717) is 0 Å². The first kappa shape index (κ1) is 26.6. The molecule has 226 valence electrons. The van der Waals surface area contributed by atoms with Gasteiger partial charge in [0, 0.05) is 16.3 Å². The Hall–Kier alpha value is -6.44. The molecule has 1 heterocycles. The standard InChI is InChI=1S/C48H28O/c1-4-13-34-29(9-1)12-7-16-39(34)46-37-22-21-32(27-33(37)28-44-35-14-5-2-10-30(35)19-23-42(44)46)36-25-26-45-47-40(36)17-8-18-41(47)43-24-20-31-11-3-6-15-38(31)48(43)49-45/h1-28H. The molecule has 0 aliphatic carbocycles. The topological polar surface area (TPSA) is 9.23 Å². The molecule has 11 rings (SSSR count). The van der Waals surface area contributed by atoms with E-state index in [-0.39, 0.29) is 0 Å². The molecule has 0 saturated carbocycles. The molecule has 0 bridgehead atoms. The molecule has 0 aromatic heterocycles. The van der Waals surface area contributed by atoms with Gasteiger partial charge in [-0.05, 0) is 106 Å². The fourth-order valence-corrected chi connectivity index (χ4v) is 8.39. The average molecular weight is 621 g/mol. The van der Waals surface area contributed by atoms with Crippen molar-refractivity contribution in [2.45, 2.75) is 0 Å². The minimum atomic E-state index is 0.912. The summed E-state index contributed by atoms with van der Waals surface area (Å²) in [4.78, 5) is 0. The monoisotopic (exact) mass is 620 g/mol. The molecule has 1 heteroatoms. The van der Waals surface area contributed by atoms with Crippen molar-refractivity contribution in [2.24, 2.45) is 0 Å². The third kappa shape index (κ3) is 3.82. The zero-order valence-corrected chi connectivity index (χ0v) is 26.6. The lowest BCUT2D eigenvalue weighted by atomic mass is 9.86. The van der Waals surface area contributed by atoms with Gasteiger partial charge < -0.3 is 4.74 Å². The predicted octanol–water partition coefficient (Wildman–Crippen LogP) is 13.7. The molecule has 1 aliphatic heterocycles. The van der Waals surface area contributed by atoms with E-state index < -0.39 is 0 Å². The van der Waals surface area contributed by atoms with Crippen LogP contribution in [0.25, 0.3) is 98.0 Å². The molecule has 0 radical (unpaired) electrons. The lowest BCUT2D eigenvalue weighted by molar-refractivity contribution is 0.493. The highest BCUT2D eigenvalue weighted by Gasteiger charge is 2.23. The van der Waals surface area contributed by atoms with Crippen molar-refractivity contribution >= 4 is 64.6 Å². The van der Waals surface area contributed by atoms with Crippen LogP contribution in [0.2, 0.25) is 0 Å². The quantitative estimate of drug-likeness (QED) is 0.138. The maximum atomic E-state index is 6.71. The third-order valence-electron chi connectivity index (χ3n) is 10.6. The van der Waals surface area contributed by atoms with Gasteiger partial charge in [-0.1, -0.05) is 146 Å². The van der Waals surface area contributed by atoms with Crippen molar-refractivity contribution in [1.29, 1.82) is 0 Å². The zero-order chi connectivity index (χ0) is 32.1. The summed E-state index contributed by atoms with van der Waals surface area (Å²) in [5.74, 6) is 1.85. The van der Waals surface area contributed by atoms with Crippen LogP contribution in [0.15, 0.2) is 170 Å². The number of benzene rings is 10. The Morgan fingerprint density at radius 1 is 0.306 bits per heavy atom. The normalized spacial score (nSPS) is 12.2. The van der Waals surface area contributed by atoms with Crippen LogP contribution in [0.3, 0.4) is 0 Å². The van der Waals surface area contributed by atoms with E-state index in [1.807, 2.05) is 0 Å². The number of ether oxygens (including phenoxy) is 1. The van der Waals surface area contributed by atoms with Gasteiger partial charge in [0.05, 0.1) is 0 Å². The van der Waals surface area contributed by atoms with Gasteiger partial charge in [-0.3, -0.25) is 0 Å². The van der Waals surface area contributed by atoms with E-state index >= 15 is 0 Å². The second-order valence-electron chi connectivity index (χ2n) is 13.2. The largest absolute Gasteiger partial charge is 0.455 e. The number of hydrogen-bond donors (Lipinski definition) is 0. The maximum absolute atomic E-state index is 6.71. The molecule has 49 heavy (non-hydrogen) atoms. The smallest absolute Gasteiger partial charge is 0.143 e. The first-order valence-electron chi connectivity index (χ1n) is 16.9. The second-order valence-corrected chi connectivity index (χ2v) is 13.2. The summed E-state index contributed by atoms with van der Waals surface area (Å²) in [5.41, 5.74) is 7.32. The summed E-state index contributed by atoms with van der Waals surface area (Å²) >= 11 is 0. The zero-order valence-electron chi connectivity index (χ0n) is 26.6. The lowest BCUT2D eigenvalue weighted by Crippen LogP contribution is -1.98. The van der Waals surface area contributed by atoms with E-state index in [1.54, 1.807) is 0 Å². The van der Waals surface area contributed by atoms with Crippen LogP contribution in [-0.2, 0) is 0 Å². The van der Waals surface area contributed by atoms with Gasteiger partial charge in [0.15, 0.2) is 0 Å². The lowest BCUT2D eigenvalue weighted by Gasteiger charge is -2.24. The second kappa shape index (κ2) is 10.0. The van der Waals surface area contributed by atoms with E-state index in [4.69, 9.17) is 4.74 Å². The Kier molecular flexibility index (Phi) is 5.45. The van der Waals surface area contributed by atoms with E-state index in [2.05, 4.69) is 170 Å². The first-order chi connectivity index (χ1) is 24.3. The van der Waals surface area contributed by atoms with Crippen LogP contribution >= 0.6 is 0 Å². The molecule has 0 amide bonds. The summed E-state index contributed by atoms with van der Waals surface area (Å²) in [5, 5.41) is 14.8. The fourth-order valence-electron chi connectivity index (χ4n) is 8.39. The summed E-state index contributed by atoms with van der Waals surface area (Å²) < 4.78 is 6.71. The van der Waals surface area contributed by atoms with Crippen LogP contribution in [0.5, 0.6) is 11.5 Å². The van der Waals surface area contributed by atoms with Crippen molar-refractivity contribution in [3.05, 3.63) is 170 Å². The highest BCUT2D eigenvalue weighted by Crippen LogP contribution is 2.51. The van der Waals surface area contributed by atoms with Gasteiger partial charge in [0.25, 0.3) is 0 Å². The van der Waals surface area contributed by atoms with Crippen LogP contribution in [0.1, 0.15) is 0 Å². The number of fused-ring (bicyclic) bond motifs is 9. The van der Waals surface area contributed by atoms with Crippen LogP contribution < -0.4 is 4.74 Å². The van der Waals surface area contributed by atoms with Crippen LogP contribution in [-0.4, -0.2) is 0 Å². The predicted molar refractivity (Wildman–Crippen MR) is 208 cm³/mol. The van der Waals surface area contributed by atoms with Crippen molar-refractivity contribution in [1.82, 2.24) is 0 Å². The molecule has 0 spiro atoms. The minimum Gasteiger partial charge on any atom is -0.455 e. The van der Waals surface area contributed by atoms with E-state index in [1.165, 1.54) is 87.1 Å². The number of hydrogen-bond acceptors (Lipinski definition) is 1. The van der Waals surface area contributed by atoms with E-state index in [9.17, 15) is 0 Å². The summed E-state index contributed by atoms with van der Waals surface area (Å²) in [6.07, 6.45) is 0. The molecular formula is C48H28O. The Balaban J connectivity index is 1.18. The first-order valence-corrected chi connectivity index (χ1v) is 16.9. The van der Waals surface area contributed by atoms with Crippen molar-refractivity contribution in [3.8, 4) is 44.9 Å².